The van der Waals surface area contributed by atoms with Crippen molar-refractivity contribution in [3.63, 3.8) is 0 Å². The highest BCUT2D eigenvalue weighted by atomic mass is 19.1. The van der Waals surface area contributed by atoms with Crippen LogP contribution in [0.1, 0.15) is 17.3 Å². The summed E-state index contributed by atoms with van der Waals surface area (Å²) in [5.74, 6) is -0.596. The normalized spacial score (nSPS) is 10.8. The molecule has 21 heavy (non-hydrogen) atoms. The summed E-state index contributed by atoms with van der Waals surface area (Å²) in [6.07, 6.45) is 1.79. The number of fused-ring (bicyclic) bond motifs is 1. The minimum absolute atomic E-state index is 0.201. The Labute approximate surface area is 122 Å². The largest absolute Gasteiger partial charge is 0.361 e. The zero-order chi connectivity index (χ0) is 14.8. The number of amides is 1. The molecular weight excluding hydrogens is 267 g/mol. The molecule has 3 nitrogen and oxygen atoms in total. The van der Waals surface area contributed by atoms with Crippen molar-refractivity contribution in [3.05, 3.63) is 66.1 Å². The molecule has 3 aromatic rings. The zero-order valence-electron chi connectivity index (χ0n) is 11.6. The first-order valence-corrected chi connectivity index (χ1v) is 6.85. The lowest BCUT2D eigenvalue weighted by atomic mass is 10.1. The van der Waals surface area contributed by atoms with Crippen molar-refractivity contribution < 1.29 is 9.18 Å². The second kappa shape index (κ2) is 5.40. The molecule has 0 unspecified atom stereocenters. The zero-order valence-corrected chi connectivity index (χ0v) is 11.6. The van der Waals surface area contributed by atoms with Crippen LogP contribution in [0.15, 0.2) is 54.7 Å². The van der Waals surface area contributed by atoms with Crippen LogP contribution in [0, 0.1) is 5.82 Å². The molecule has 1 aromatic heterocycles. The van der Waals surface area contributed by atoms with E-state index in [0.29, 0.717) is 17.8 Å². The van der Waals surface area contributed by atoms with E-state index in [1.807, 2.05) is 25.1 Å². The van der Waals surface area contributed by atoms with Gasteiger partial charge < -0.3 is 9.88 Å². The first kappa shape index (κ1) is 13.4. The Balaban J connectivity index is 2.08. The van der Waals surface area contributed by atoms with Gasteiger partial charge in [-0.15, -0.1) is 0 Å². The maximum Gasteiger partial charge on any atom is 0.259 e. The Hall–Kier alpha value is -2.62. The number of hydrogen-bond donors (Lipinski definition) is 1. The number of H-pyrrole nitrogens is 1. The van der Waals surface area contributed by atoms with E-state index in [1.54, 1.807) is 30.5 Å². The number of rotatable bonds is 3. The van der Waals surface area contributed by atoms with Crippen LogP contribution in [-0.4, -0.2) is 17.4 Å². The predicted molar refractivity (Wildman–Crippen MR) is 82.0 cm³/mol. The molecule has 0 aliphatic heterocycles. The number of nitrogens with zero attached hydrogens (tertiary/aromatic N) is 1. The minimum atomic E-state index is -0.394. The Morgan fingerprint density at radius 2 is 1.95 bits per heavy atom. The monoisotopic (exact) mass is 282 g/mol. The molecule has 0 bridgehead atoms. The fraction of sp³-hybridized carbons (Fsp3) is 0.118. The van der Waals surface area contributed by atoms with E-state index in [-0.39, 0.29) is 5.91 Å². The molecule has 0 radical (unpaired) electrons. The molecule has 4 heteroatoms. The first-order valence-electron chi connectivity index (χ1n) is 6.85. The lowest BCUT2D eigenvalue weighted by Crippen LogP contribution is -2.31. The molecule has 2 aromatic carbocycles. The van der Waals surface area contributed by atoms with Gasteiger partial charge in [0.1, 0.15) is 5.82 Å². The molecule has 1 heterocycles. The summed E-state index contributed by atoms with van der Waals surface area (Å²) in [6, 6.07) is 13.7. The summed E-state index contributed by atoms with van der Waals surface area (Å²) in [5, 5.41) is 0.845. The van der Waals surface area contributed by atoms with Gasteiger partial charge in [-0.05, 0) is 37.3 Å². The van der Waals surface area contributed by atoms with E-state index in [1.165, 1.54) is 11.0 Å². The lowest BCUT2D eigenvalue weighted by Gasteiger charge is -2.22. The number of carbonyl (C=O) groups excluding carboxylic acids is 1. The molecule has 0 saturated carbocycles. The van der Waals surface area contributed by atoms with Gasteiger partial charge in [0, 0.05) is 29.2 Å². The Morgan fingerprint density at radius 3 is 2.71 bits per heavy atom. The van der Waals surface area contributed by atoms with Crippen LogP contribution in [0.25, 0.3) is 10.9 Å². The van der Waals surface area contributed by atoms with Crippen molar-refractivity contribution in [2.75, 3.05) is 11.4 Å². The van der Waals surface area contributed by atoms with Crippen LogP contribution < -0.4 is 4.90 Å². The van der Waals surface area contributed by atoms with Crippen molar-refractivity contribution in [3.8, 4) is 0 Å². The highest BCUT2D eigenvalue weighted by molar-refractivity contribution is 6.13. The first-order chi connectivity index (χ1) is 10.2. The molecule has 106 valence electrons. The van der Waals surface area contributed by atoms with Crippen LogP contribution in [0.3, 0.4) is 0 Å². The van der Waals surface area contributed by atoms with E-state index in [0.717, 1.165) is 10.9 Å². The third kappa shape index (κ3) is 2.29. The van der Waals surface area contributed by atoms with Gasteiger partial charge in [0.25, 0.3) is 5.91 Å². The number of aromatic nitrogens is 1. The van der Waals surface area contributed by atoms with E-state index < -0.39 is 5.82 Å². The van der Waals surface area contributed by atoms with Gasteiger partial charge in [0.05, 0.1) is 5.69 Å². The summed E-state index contributed by atoms with van der Waals surface area (Å²) in [4.78, 5) is 17.3. The number of para-hydroxylation sites is 1. The van der Waals surface area contributed by atoms with Crippen molar-refractivity contribution in [2.45, 2.75) is 6.92 Å². The Kier molecular flexibility index (Phi) is 3.44. The van der Waals surface area contributed by atoms with Crippen molar-refractivity contribution >= 4 is 22.5 Å². The second-order valence-corrected chi connectivity index (χ2v) is 4.75. The maximum absolute atomic E-state index is 14.0. The van der Waals surface area contributed by atoms with Gasteiger partial charge in [-0.3, -0.25) is 4.79 Å². The number of halogens is 1. The third-order valence-corrected chi connectivity index (χ3v) is 3.53. The maximum atomic E-state index is 14.0. The molecule has 0 saturated heterocycles. The van der Waals surface area contributed by atoms with Gasteiger partial charge in [-0.25, -0.2) is 4.39 Å². The highest BCUT2D eigenvalue weighted by Gasteiger charge is 2.20. The topological polar surface area (TPSA) is 36.1 Å². The van der Waals surface area contributed by atoms with Crippen LogP contribution in [-0.2, 0) is 0 Å². The number of carbonyl (C=O) groups is 1. The molecule has 0 aliphatic carbocycles. The van der Waals surface area contributed by atoms with E-state index in [2.05, 4.69) is 4.98 Å². The van der Waals surface area contributed by atoms with Crippen LogP contribution >= 0.6 is 0 Å². The smallest absolute Gasteiger partial charge is 0.259 e. The van der Waals surface area contributed by atoms with Gasteiger partial charge in [0.15, 0.2) is 0 Å². The van der Waals surface area contributed by atoms with Crippen LogP contribution in [0.5, 0.6) is 0 Å². The predicted octanol–water partition coefficient (Wildman–Crippen LogP) is 3.97. The molecule has 0 aliphatic rings. The molecule has 1 N–H and O–H groups in total. The second-order valence-electron chi connectivity index (χ2n) is 4.75. The minimum Gasteiger partial charge on any atom is -0.361 e. The standard InChI is InChI=1S/C17H15FN2O/c1-2-20(16-9-4-3-7-14(16)18)17(21)13-6-5-8-15-12(13)10-11-19-15/h3-11,19H,2H2,1H3. The van der Waals surface area contributed by atoms with Gasteiger partial charge in [-0.2, -0.15) is 0 Å². The molecular formula is C17H15FN2O. The SMILES string of the molecule is CCN(C(=O)c1cccc2[nH]ccc12)c1ccccc1F. The fourth-order valence-electron chi connectivity index (χ4n) is 2.51. The molecule has 1 amide bonds. The number of anilines is 1. The van der Waals surface area contributed by atoms with Crippen LogP contribution in [0.2, 0.25) is 0 Å². The molecule has 3 rings (SSSR count). The van der Waals surface area contributed by atoms with Crippen molar-refractivity contribution in [1.82, 2.24) is 4.98 Å². The van der Waals surface area contributed by atoms with Gasteiger partial charge in [-0.1, -0.05) is 18.2 Å². The van der Waals surface area contributed by atoms with E-state index in [4.69, 9.17) is 0 Å². The Bertz CT molecular complexity index is 794. The summed E-state index contributed by atoms with van der Waals surface area (Å²) >= 11 is 0. The third-order valence-electron chi connectivity index (χ3n) is 3.53. The van der Waals surface area contributed by atoms with Crippen LogP contribution in [0.4, 0.5) is 10.1 Å². The van der Waals surface area contributed by atoms with Gasteiger partial charge in [0.2, 0.25) is 0 Å². The summed E-state index contributed by atoms with van der Waals surface area (Å²) in [6.45, 7) is 2.24. The van der Waals surface area contributed by atoms with E-state index >= 15 is 0 Å². The molecule has 0 fully saturated rings. The Morgan fingerprint density at radius 1 is 1.14 bits per heavy atom. The lowest BCUT2D eigenvalue weighted by molar-refractivity contribution is 0.0989. The average Bonchev–Trinajstić information content (AvgIpc) is 2.98. The summed E-state index contributed by atoms with van der Waals surface area (Å²) in [5.41, 5.74) is 1.77. The number of nitrogens with one attached hydrogen (secondary N) is 1. The van der Waals surface area contributed by atoms with Crippen molar-refractivity contribution in [1.29, 1.82) is 0 Å². The number of benzene rings is 2. The average molecular weight is 282 g/mol. The fourth-order valence-corrected chi connectivity index (χ4v) is 2.51. The van der Waals surface area contributed by atoms with E-state index in [9.17, 15) is 9.18 Å². The molecule has 0 atom stereocenters. The number of aromatic amines is 1. The van der Waals surface area contributed by atoms with Gasteiger partial charge >= 0.3 is 0 Å². The molecule has 0 spiro atoms. The highest BCUT2D eigenvalue weighted by Crippen LogP contribution is 2.24. The quantitative estimate of drug-likeness (QED) is 0.775. The number of hydrogen-bond acceptors (Lipinski definition) is 1. The van der Waals surface area contributed by atoms with Crippen molar-refractivity contribution in [2.24, 2.45) is 0 Å². The summed E-state index contributed by atoms with van der Waals surface area (Å²) in [7, 11) is 0. The summed E-state index contributed by atoms with van der Waals surface area (Å²) < 4.78 is 14.0.